The summed E-state index contributed by atoms with van der Waals surface area (Å²) in [5.74, 6) is 0. The second kappa shape index (κ2) is 20.1. The number of aliphatic hydroxyl groups excluding tert-OH is 5. The highest BCUT2D eigenvalue weighted by Crippen LogP contribution is 2.34. The Morgan fingerprint density at radius 2 is 0.804 bits per heavy atom. The van der Waals surface area contributed by atoms with Gasteiger partial charge in [0.15, 0.2) is 18.9 Å². The number of hydrogen-bond acceptors (Lipinski definition) is 16. The molecule has 0 saturated carbocycles. The van der Waals surface area contributed by atoms with Crippen molar-refractivity contribution in [2.75, 3.05) is 59.5 Å². The van der Waals surface area contributed by atoms with E-state index in [2.05, 4.69) is 0 Å². The van der Waals surface area contributed by atoms with Gasteiger partial charge in [-0.25, -0.2) is 0 Å². The summed E-state index contributed by atoms with van der Waals surface area (Å²) in [7, 11) is 0. The van der Waals surface area contributed by atoms with E-state index in [0.717, 1.165) is 0 Å². The Morgan fingerprint density at radius 3 is 1.28 bits per heavy atom. The molecular formula is C30H56O16. The summed E-state index contributed by atoms with van der Waals surface area (Å²) in [6, 6.07) is 0. The molecule has 6 unspecified atom stereocenters. The van der Waals surface area contributed by atoms with E-state index in [-0.39, 0.29) is 39.6 Å². The quantitative estimate of drug-likeness (QED) is 0.108. The topological polar surface area (TPSA) is 203 Å². The van der Waals surface area contributed by atoms with Crippen molar-refractivity contribution in [3.05, 3.63) is 0 Å². The zero-order valence-electron chi connectivity index (χ0n) is 27.8. The molecule has 16 heteroatoms. The summed E-state index contributed by atoms with van der Waals surface area (Å²) in [5, 5.41) is 55.2. The summed E-state index contributed by atoms with van der Waals surface area (Å²) in [6.45, 7) is 12.1. The molecule has 3 aliphatic heterocycles. The van der Waals surface area contributed by atoms with Crippen molar-refractivity contribution in [3.8, 4) is 0 Å². The second-order valence-corrected chi connectivity index (χ2v) is 11.1. The third-order valence-corrected chi connectivity index (χ3v) is 8.01. The van der Waals surface area contributed by atoms with Crippen LogP contribution < -0.4 is 0 Å². The van der Waals surface area contributed by atoms with Gasteiger partial charge in [0.25, 0.3) is 0 Å². The van der Waals surface area contributed by atoms with E-state index in [4.69, 9.17) is 52.1 Å². The van der Waals surface area contributed by atoms with Crippen molar-refractivity contribution in [2.24, 2.45) is 0 Å². The Kier molecular flexibility index (Phi) is 17.4. The lowest BCUT2D eigenvalue weighted by Gasteiger charge is -2.49. The van der Waals surface area contributed by atoms with Gasteiger partial charge in [-0.3, -0.25) is 0 Å². The summed E-state index contributed by atoms with van der Waals surface area (Å²) >= 11 is 0. The molecule has 3 saturated heterocycles. The van der Waals surface area contributed by atoms with Gasteiger partial charge in [-0.1, -0.05) is 0 Å². The fourth-order valence-electron chi connectivity index (χ4n) is 5.80. The summed E-state index contributed by atoms with van der Waals surface area (Å²) in [6.07, 6.45) is -17.8. The number of rotatable bonds is 19. The predicted molar refractivity (Wildman–Crippen MR) is 158 cm³/mol. The van der Waals surface area contributed by atoms with Crippen LogP contribution in [0.4, 0.5) is 0 Å². The van der Waals surface area contributed by atoms with Crippen LogP contribution in [0.5, 0.6) is 0 Å². The molecule has 15 atom stereocenters. The number of aliphatic hydroxyl groups is 5. The first kappa shape index (κ1) is 39.8. The van der Waals surface area contributed by atoms with Crippen LogP contribution in [0.15, 0.2) is 0 Å². The van der Waals surface area contributed by atoms with Crippen LogP contribution in [0.3, 0.4) is 0 Å². The van der Waals surface area contributed by atoms with Crippen LogP contribution in [-0.2, 0) is 52.1 Å². The minimum atomic E-state index is -1.43. The highest BCUT2D eigenvalue weighted by atomic mass is 16.8. The lowest BCUT2D eigenvalue weighted by Crippen LogP contribution is -2.67. The van der Waals surface area contributed by atoms with E-state index in [0.29, 0.717) is 19.8 Å². The third-order valence-electron chi connectivity index (χ3n) is 8.01. The van der Waals surface area contributed by atoms with E-state index < -0.39 is 92.1 Å². The minimum Gasteiger partial charge on any atom is -0.387 e. The Labute approximate surface area is 271 Å². The normalized spacial score (nSPS) is 41.9. The average Bonchev–Trinajstić information content (AvgIpc) is 3.04. The van der Waals surface area contributed by atoms with Gasteiger partial charge < -0.3 is 77.6 Å². The van der Waals surface area contributed by atoms with Crippen LogP contribution in [-0.4, -0.2) is 177 Å². The molecule has 0 aliphatic carbocycles. The highest BCUT2D eigenvalue weighted by Gasteiger charge is 2.54. The maximum atomic E-state index is 11.8. The Morgan fingerprint density at radius 1 is 0.413 bits per heavy atom. The van der Waals surface area contributed by atoms with Crippen molar-refractivity contribution in [3.63, 3.8) is 0 Å². The van der Waals surface area contributed by atoms with Crippen LogP contribution in [0, 0.1) is 0 Å². The van der Waals surface area contributed by atoms with Gasteiger partial charge >= 0.3 is 0 Å². The molecule has 272 valence electrons. The average molecular weight is 673 g/mol. The summed E-state index contributed by atoms with van der Waals surface area (Å²) in [5.41, 5.74) is 0. The van der Waals surface area contributed by atoms with E-state index in [1.54, 1.807) is 41.5 Å². The molecule has 0 aromatic rings. The maximum absolute atomic E-state index is 11.8. The zero-order valence-corrected chi connectivity index (χ0v) is 27.8. The molecule has 3 fully saturated rings. The van der Waals surface area contributed by atoms with Crippen molar-refractivity contribution in [1.82, 2.24) is 0 Å². The second-order valence-electron chi connectivity index (χ2n) is 11.1. The van der Waals surface area contributed by atoms with Crippen molar-refractivity contribution >= 4 is 0 Å². The standard InChI is InChI=1S/C30H56O16/c1-7-36-13-16-19(31)20(32)26(40-11-5)29(43-16)46-24-18(15-38-9-3)44-30(27(22(24)34)41-12-6)45-23-17(14-37-8-2)42-28(35)25(21(23)33)39-10-4/h16-35H,7-15H2,1-6H3/t16-,17-,18?,19+,20?,21?,22?,23+,24+,25?,26?,27-,28+,29-,30-/m0/s1. The largest absolute Gasteiger partial charge is 0.387 e. The van der Waals surface area contributed by atoms with Gasteiger partial charge in [0.05, 0.1) is 19.8 Å². The van der Waals surface area contributed by atoms with Crippen molar-refractivity contribution in [2.45, 2.75) is 134 Å². The van der Waals surface area contributed by atoms with Gasteiger partial charge in [0.1, 0.15) is 73.2 Å². The molecule has 16 nitrogen and oxygen atoms in total. The van der Waals surface area contributed by atoms with Gasteiger partial charge in [-0.15, -0.1) is 0 Å². The van der Waals surface area contributed by atoms with Gasteiger partial charge in [0, 0.05) is 39.6 Å². The van der Waals surface area contributed by atoms with Crippen LogP contribution in [0.1, 0.15) is 41.5 Å². The predicted octanol–water partition coefficient (Wildman–Crippen LogP) is -1.31. The molecular weight excluding hydrogens is 616 g/mol. The molecule has 46 heavy (non-hydrogen) atoms. The lowest BCUT2D eigenvalue weighted by atomic mass is 9.95. The first-order valence-corrected chi connectivity index (χ1v) is 16.4. The van der Waals surface area contributed by atoms with E-state index >= 15 is 0 Å². The van der Waals surface area contributed by atoms with E-state index in [1.807, 2.05) is 0 Å². The van der Waals surface area contributed by atoms with Gasteiger partial charge in [-0.2, -0.15) is 0 Å². The van der Waals surface area contributed by atoms with E-state index in [1.165, 1.54) is 0 Å². The Balaban J connectivity index is 1.90. The SMILES string of the molecule is CCOCC1O[C@@H](O[C@H]2C(O)C(OCC)[C@H](O)O[C@H]2COCC)[C@@H](OCC)C(O)[C@@H]1O[C@@H]1O[C@@H](COCC)[C@@H](O)C(O)C1OCC. The molecule has 0 aromatic heterocycles. The van der Waals surface area contributed by atoms with Crippen molar-refractivity contribution in [1.29, 1.82) is 0 Å². The third kappa shape index (κ3) is 9.97. The first-order valence-electron chi connectivity index (χ1n) is 16.4. The van der Waals surface area contributed by atoms with Gasteiger partial charge in [-0.05, 0) is 41.5 Å². The Hall–Kier alpha value is -0.640. The summed E-state index contributed by atoms with van der Waals surface area (Å²) < 4.78 is 64.6. The van der Waals surface area contributed by atoms with Gasteiger partial charge in [0.2, 0.25) is 0 Å². The molecule has 0 amide bonds. The molecule has 0 aromatic carbocycles. The molecule has 3 rings (SSSR count). The molecule has 3 aliphatic rings. The minimum absolute atomic E-state index is 0.00819. The fourth-order valence-corrected chi connectivity index (χ4v) is 5.80. The Bertz CT molecular complexity index is 820. The molecule has 0 radical (unpaired) electrons. The molecule has 0 spiro atoms. The summed E-state index contributed by atoms with van der Waals surface area (Å²) in [4.78, 5) is 0. The number of hydrogen-bond donors (Lipinski definition) is 5. The number of ether oxygens (including phenoxy) is 11. The fraction of sp³-hybridized carbons (Fsp3) is 1.00. The smallest absolute Gasteiger partial charge is 0.187 e. The van der Waals surface area contributed by atoms with Crippen LogP contribution >= 0.6 is 0 Å². The van der Waals surface area contributed by atoms with Crippen LogP contribution in [0.25, 0.3) is 0 Å². The zero-order chi connectivity index (χ0) is 33.8. The lowest BCUT2D eigenvalue weighted by molar-refractivity contribution is -0.384. The molecule has 5 N–H and O–H groups in total. The molecule has 0 bridgehead atoms. The monoisotopic (exact) mass is 672 g/mol. The molecule has 3 heterocycles. The maximum Gasteiger partial charge on any atom is 0.187 e. The van der Waals surface area contributed by atoms with E-state index in [9.17, 15) is 25.5 Å². The van der Waals surface area contributed by atoms with Crippen molar-refractivity contribution < 1.29 is 77.6 Å². The highest BCUT2D eigenvalue weighted by molar-refractivity contribution is 4.97. The van der Waals surface area contributed by atoms with Crippen LogP contribution in [0.2, 0.25) is 0 Å². The first-order chi connectivity index (χ1) is 22.2.